The summed E-state index contributed by atoms with van der Waals surface area (Å²) in [5.74, 6) is 0.908. The van der Waals surface area contributed by atoms with E-state index in [1.54, 1.807) is 14.0 Å². The Balaban J connectivity index is 2.69. The SMILES string of the molecule is COc1cccc([C@H](C)NC(=O)C(C)CCl)c1. The number of alkyl halides is 1. The van der Waals surface area contributed by atoms with Gasteiger partial charge in [-0.1, -0.05) is 19.1 Å². The molecular weight excluding hydrogens is 238 g/mol. The van der Waals surface area contributed by atoms with Crippen molar-refractivity contribution in [2.45, 2.75) is 19.9 Å². The first-order valence-corrected chi connectivity index (χ1v) is 6.12. The number of hydrogen-bond acceptors (Lipinski definition) is 2. The third-order valence-corrected chi connectivity index (χ3v) is 3.09. The van der Waals surface area contributed by atoms with Gasteiger partial charge in [-0.15, -0.1) is 11.6 Å². The highest BCUT2D eigenvalue weighted by Crippen LogP contribution is 2.19. The van der Waals surface area contributed by atoms with Gasteiger partial charge in [0, 0.05) is 11.8 Å². The van der Waals surface area contributed by atoms with Crippen molar-refractivity contribution in [3.05, 3.63) is 29.8 Å². The molecule has 0 radical (unpaired) electrons. The van der Waals surface area contributed by atoms with Gasteiger partial charge in [0.05, 0.1) is 13.2 Å². The van der Waals surface area contributed by atoms with E-state index in [0.29, 0.717) is 5.88 Å². The molecule has 3 nitrogen and oxygen atoms in total. The van der Waals surface area contributed by atoms with Gasteiger partial charge >= 0.3 is 0 Å². The Morgan fingerprint density at radius 1 is 1.47 bits per heavy atom. The number of hydrogen-bond donors (Lipinski definition) is 1. The van der Waals surface area contributed by atoms with Gasteiger partial charge in [0.25, 0.3) is 0 Å². The third kappa shape index (κ3) is 3.93. The van der Waals surface area contributed by atoms with Crippen LogP contribution in [0, 0.1) is 5.92 Å². The van der Waals surface area contributed by atoms with E-state index < -0.39 is 0 Å². The zero-order chi connectivity index (χ0) is 12.8. The van der Waals surface area contributed by atoms with E-state index in [1.807, 2.05) is 31.2 Å². The molecule has 0 fully saturated rings. The first-order chi connectivity index (χ1) is 8.08. The van der Waals surface area contributed by atoms with Crippen LogP contribution in [0.15, 0.2) is 24.3 Å². The van der Waals surface area contributed by atoms with Crippen molar-refractivity contribution in [2.75, 3.05) is 13.0 Å². The van der Waals surface area contributed by atoms with E-state index in [4.69, 9.17) is 16.3 Å². The second kappa shape index (κ2) is 6.50. The Labute approximate surface area is 107 Å². The molecule has 0 saturated carbocycles. The summed E-state index contributed by atoms with van der Waals surface area (Å²) < 4.78 is 5.14. The summed E-state index contributed by atoms with van der Waals surface area (Å²) in [6, 6.07) is 7.60. The van der Waals surface area contributed by atoms with E-state index in [9.17, 15) is 4.79 Å². The lowest BCUT2D eigenvalue weighted by Gasteiger charge is -2.17. The summed E-state index contributed by atoms with van der Waals surface area (Å²) in [5.41, 5.74) is 1.01. The van der Waals surface area contributed by atoms with Crippen molar-refractivity contribution < 1.29 is 9.53 Å². The quantitative estimate of drug-likeness (QED) is 0.822. The van der Waals surface area contributed by atoms with Crippen LogP contribution in [0.2, 0.25) is 0 Å². The van der Waals surface area contributed by atoms with Crippen molar-refractivity contribution in [3.63, 3.8) is 0 Å². The van der Waals surface area contributed by atoms with E-state index in [1.165, 1.54) is 0 Å². The molecular formula is C13H18ClNO2. The predicted octanol–water partition coefficient (Wildman–Crippen LogP) is 2.75. The largest absolute Gasteiger partial charge is 0.497 e. The Hall–Kier alpha value is -1.22. The molecule has 0 aliphatic heterocycles. The highest BCUT2D eigenvalue weighted by Gasteiger charge is 2.15. The highest BCUT2D eigenvalue weighted by atomic mass is 35.5. The molecule has 0 aliphatic rings. The average molecular weight is 256 g/mol. The zero-order valence-corrected chi connectivity index (χ0v) is 11.1. The van der Waals surface area contributed by atoms with Gasteiger partial charge in [0.15, 0.2) is 0 Å². The molecule has 1 amide bonds. The minimum absolute atomic E-state index is 0.0321. The van der Waals surface area contributed by atoms with Crippen LogP contribution >= 0.6 is 11.6 Å². The van der Waals surface area contributed by atoms with Gasteiger partial charge in [0.2, 0.25) is 5.91 Å². The van der Waals surface area contributed by atoms with Gasteiger partial charge in [-0.25, -0.2) is 0 Å². The van der Waals surface area contributed by atoms with E-state index >= 15 is 0 Å². The number of rotatable bonds is 5. The molecule has 1 N–H and O–H groups in total. The molecule has 0 heterocycles. The predicted molar refractivity (Wildman–Crippen MR) is 69.4 cm³/mol. The normalized spacial score (nSPS) is 13.9. The van der Waals surface area contributed by atoms with Crippen LogP contribution in [0.25, 0.3) is 0 Å². The number of benzene rings is 1. The van der Waals surface area contributed by atoms with Gasteiger partial charge in [-0.05, 0) is 24.6 Å². The number of carbonyl (C=O) groups is 1. The first kappa shape index (κ1) is 13.8. The van der Waals surface area contributed by atoms with Crippen LogP contribution in [-0.4, -0.2) is 18.9 Å². The van der Waals surface area contributed by atoms with Gasteiger partial charge < -0.3 is 10.1 Å². The fourth-order valence-electron chi connectivity index (χ4n) is 1.42. The summed E-state index contributed by atoms with van der Waals surface area (Å²) in [5, 5.41) is 2.92. The second-order valence-electron chi connectivity index (χ2n) is 4.06. The van der Waals surface area contributed by atoms with Crippen molar-refractivity contribution >= 4 is 17.5 Å². The Bertz CT molecular complexity index is 381. The molecule has 0 saturated heterocycles. The Kier molecular flexibility index (Phi) is 5.29. The van der Waals surface area contributed by atoms with Gasteiger partial charge in [-0.3, -0.25) is 4.79 Å². The summed E-state index contributed by atoms with van der Waals surface area (Å²) in [4.78, 5) is 11.7. The third-order valence-electron chi connectivity index (χ3n) is 2.63. The van der Waals surface area contributed by atoms with Crippen LogP contribution in [-0.2, 0) is 4.79 Å². The van der Waals surface area contributed by atoms with Crippen molar-refractivity contribution in [3.8, 4) is 5.75 Å². The monoisotopic (exact) mass is 255 g/mol. The molecule has 4 heteroatoms. The lowest BCUT2D eigenvalue weighted by Crippen LogP contribution is -2.32. The van der Waals surface area contributed by atoms with E-state index in [2.05, 4.69) is 5.32 Å². The van der Waals surface area contributed by atoms with Crippen molar-refractivity contribution in [1.82, 2.24) is 5.32 Å². The number of nitrogens with one attached hydrogen (secondary N) is 1. The fourth-order valence-corrected chi connectivity index (χ4v) is 1.56. The maximum atomic E-state index is 11.7. The van der Waals surface area contributed by atoms with Crippen LogP contribution < -0.4 is 10.1 Å². The number of carbonyl (C=O) groups excluding carboxylic acids is 1. The second-order valence-corrected chi connectivity index (χ2v) is 4.37. The molecule has 1 unspecified atom stereocenters. The number of amides is 1. The molecule has 0 spiro atoms. The lowest BCUT2D eigenvalue weighted by molar-refractivity contribution is -0.124. The summed E-state index contributed by atoms with van der Waals surface area (Å²) in [6.07, 6.45) is 0. The number of halogens is 1. The van der Waals surface area contributed by atoms with Crippen molar-refractivity contribution in [2.24, 2.45) is 5.92 Å². The summed E-state index contributed by atoms with van der Waals surface area (Å²) in [7, 11) is 1.62. The molecule has 2 atom stereocenters. The summed E-state index contributed by atoms with van der Waals surface area (Å²) >= 11 is 5.64. The van der Waals surface area contributed by atoms with Crippen LogP contribution in [0.3, 0.4) is 0 Å². The first-order valence-electron chi connectivity index (χ1n) is 5.58. The highest BCUT2D eigenvalue weighted by molar-refractivity contribution is 6.19. The molecule has 0 aromatic heterocycles. The number of ether oxygens (including phenoxy) is 1. The molecule has 1 aromatic rings. The van der Waals surface area contributed by atoms with E-state index in [0.717, 1.165) is 11.3 Å². The van der Waals surface area contributed by atoms with Crippen LogP contribution in [0.1, 0.15) is 25.5 Å². The Morgan fingerprint density at radius 3 is 2.76 bits per heavy atom. The molecule has 17 heavy (non-hydrogen) atoms. The smallest absolute Gasteiger partial charge is 0.224 e. The topological polar surface area (TPSA) is 38.3 Å². The maximum absolute atomic E-state index is 11.7. The van der Waals surface area contributed by atoms with Crippen LogP contribution in [0.5, 0.6) is 5.75 Å². The molecule has 0 bridgehead atoms. The van der Waals surface area contributed by atoms with E-state index in [-0.39, 0.29) is 17.9 Å². The summed E-state index contributed by atoms with van der Waals surface area (Å²) in [6.45, 7) is 3.74. The fraction of sp³-hybridized carbons (Fsp3) is 0.462. The maximum Gasteiger partial charge on any atom is 0.224 e. The molecule has 1 aromatic carbocycles. The molecule has 0 aliphatic carbocycles. The zero-order valence-electron chi connectivity index (χ0n) is 10.4. The standard InChI is InChI=1S/C13H18ClNO2/c1-9(8-14)13(16)15-10(2)11-5-4-6-12(7-11)17-3/h4-7,9-10H,8H2,1-3H3,(H,15,16)/t9?,10-/m0/s1. The lowest BCUT2D eigenvalue weighted by atomic mass is 10.1. The minimum atomic E-state index is -0.176. The Morgan fingerprint density at radius 2 is 2.18 bits per heavy atom. The van der Waals surface area contributed by atoms with Crippen molar-refractivity contribution in [1.29, 1.82) is 0 Å². The minimum Gasteiger partial charge on any atom is -0.497 e. The number of methoxy groups -OCH3 is 1. The van der Waals surface area contributed by atoms with Gasteiger partial charge in [0.1, 0.15) is 5.75 Å². The van der Waals surface area contributed by atoms with Gasteiger partial charge in [-0.2, -0.15) is 0 Å². The molecule has 94 valence electrons. The average Bonchev–Trinajstić information content (AvgIpc) is 2.37. The van der Waals surface area contributed by atoms with Crippen LogP contribution in [0.4, 0.5) is 0 Å². The molecule has 1 rings (SSSR count).